The SMILES string of the molecule is CC(C)C(=O)CC(=O)C(C)C.[Er]. The van der Waals surface area contributed by atoms with Gasteiger partial charge >= 0.3 is 0 Å². The first-order valence-corrected chi connectivity index (χ1v) is 4.00. The standard InChI is InChI=1S/C9H16O2.Er/c1-6(2)8(10)5-9(11)7(3)4;/h6-7H,5H2,1-4H3;. The molecule has 2 nitrogen and oxygen atoms in total. The Morgan fingerprint density at radius 2 is 1.17 bits per heavy atom. The molecule has 0 fully saturated rings. The molecule has 0 spiro atoms. The Balaban J connectivity index is 0. The molecule has 0 aliphatic carbocycles. The second-order valence-corrected chi connectivity index (χ2v) is 3.42. The van der Waals surface area contributed by atoms with Crippen LogP contribution in [0.25, 0.3) is 0 Å². The van der Waals surface area contributed by atoms with Crippen LogP contribution in [0.5, 0.6) is 0 Å². The molecular weight excluding hydrogens is 307 g/mol. The van der Waals surface area contributed by atoms with Crippen molar-refractivity contribution in [1.82, 2.24) is 0 Å². The molecule has 0 aromatic heterocycles. The molecule has 0 radical (unpaired) electrons. The maximum Gasteiger partial charge on any atom is 0.142 e. The van der Waals surface area contributed by atoms with Crippen molar-refractivity contribution < 1.29 is 46.9 Å². The van der Waals surface area contributed by atoms with Crippen LogP contribution in [0.2, 0.25) is 0 Å². The van der Waals surface area contributed by atoms with E-state index in [1.165, 1.54) is 0 Å². The van der Waals surface area contributed by atoms with Crippen molar-refractivity contribution in [3.8, 4) is 0 Å². The van der Waals surface area contributed by atoms with Crippen LogP contribution in [-0.4, -0.2) is 11.6 Å². The quantitative estimate of drug-likeness (QED) is 0.740. The van der Waals surface area contributed by atoms with Crippen LogP contribution in [-0.2, 0) is 9.59 Å². The molecule has 0 bridgehead atoms. The minimum absolute atomic E-state index is 0. The van der Waals surface area contributed by atoms with Crippen molar-refractivity contribution >= 4 is 11.6 Å². The third-order valence-electron chi connectivity index (χ3n) is 1.64. The fourth-order valence-electron chi connectivity index (χ4n) is 0.580. The summed E-state index contributed by atoms with van der Waals surface area (Å²) in [7, 11) is 0. The maximum absolute atomic E-state index is 11.0. The second-order valence-electron chi connectivity index (χ2n) is 3.42. The van der Waals surface area contributed by atoms with Gasteiger partial charge in [0, 0.05) is 49.1 Å². The first-order chi connectivity index (χ1) is 4.95. The van der Waals surface area contributed by atoms with Gasteiger partial charge in [0.15, 0.2) is 0 Å². The average Bonchev–Trinajstić information content (AvgIpc) is 1.87. The van der Waals surface area contributed by atoms with Gasteiger partial charge in [-0.1, -0.05) is 27.7 Å². The fourth-order valence-corrected chi connectivity index (χ4v) is 0.580. The fraction of sp³-hybridized carbons (Fsp3) is 0.778. The van der Waals surface area contributed by atoms with Crippen LogP contribution >= 0.6 is 0 Å². The van der Waals surface area contributed by atoms with E-state index in [1.807, 2.05) is 27.7 Å². The minimum Gasteiger partial charge on any atom is -0.299 e. The van der Waals surface area contributed by atoms with Crippen LogP contribution in [0.1, 0.15) is 34.1 Å². The number of hydrogen-bond donors (Lipinski definition) is 0. The van der Waals surface area contributed by atoms with Crippen molar-refractivity contribution in [2.24, 2.45) is 11.8 Å². The van der Waals surface area contributed by atoms with Crippen molar-refractivity contribution in [3.63, 3.8) is 0 Å². The Kier molecular flexibility index (Phi) is 8.84. The maximum atomic E-state index is 11.0. The summed E-state index contributed by atoms with van der Waals surface area (Å²) < 4.78 is 0. The number of rotatable bonds is 4. The van der Waals surface area contributed by atoms with E-state index in [-0.39, 0.29) is 67.1 Å². The van der Waals surface area contributed by atoms with Crippen LogP contribution in [0.3, 0.4) is 0 Å². The first kappa shape index (κ1) is 15.1. The molecule has 0 aliphatic heterocycles. The van der Waals surface area contributed by atoms with E-state index in [0.29, 0.717) is 0 Å². The molecule has 0 atom stereocenters. The Bertz CT molecular complexity index is 144. The van der Waals surface area contributed by atoms with Gasteiger partial charge in [0.05, 0.1) is 6.42 Å². The molecule has 0 heterocycles. The zero-order valence-electron chi connectivity index (χ0n) is 7.97. The molecule has 0 aromatic rings. The van der Waals surface area contributed by atoms with Crippen molar-refractivity contribution in [2.75, 3.05) is 0 Å². The number of carbonyl (C=O) groups is 2. The first-order valence-electron chi connectivity index (χ1n) is 4.00. The van der Waals surface area contributed by atoms with Crippen molar-refractivity contribution in [2.45, 2.75) is 34.1 Å². The second kappa shape index (κ2) is 7.03. The van der Waals surface area contributed by atoms with E-state index in [0.717, 1.165) is 0 Å². The summed E-state index contributed by atoms with van der Waals surface area (Å²) >= 11 is 0. The van der Waals surface area contributed by atoms with E-state index < -0.39 is 0 Å². The zero-order valence-corrected chi connectivity index (χ0v) is 9.82. The molecule has 3 heteroatoms. The Hall–Kier alpha value is 0.587. The normalized spacial score (nSPS) is 9.83. The number of Topliss-reactive ketones (excluding diaryl/α,β-unsaturated/α-hetero) is 2. The van der Waals surface area contributed by atoms with Gasteiger partial charge in [0.25, 0.3) is 0 Å². The number of ketones is 2. The Labute approximate surface area is 104 Å². The zero-order chi connectivity index (χ0) is 9.02. The summed E-state index contributed by atoms with van der Waals surface area (Å²) in [4.78, 5) is 22.1. The molecular formula is C9H16ErO2. The van der Waals surface area contributed by atoms with Gasteiger partial charge < -0.3 is 0 Å². The Morgan fingerprint density at radius 1 is 0.917 bits per heavy atom. The van der Waals surface area contributed by atoms with Crippen molar-refractivity contribution in [3.05, 3.63) is 0 Å². The topological polar surface area (TPSA) is 34.1 Å². The van der Waals surface area contributed by atoms with Crippen molar-refractivity contribution in [1.29, 1.82) is 0 Å². The summed E-state index contributed by atoms with van der Waals surface area (Å²) in [5, 5.41) is 0. The summed E-state index contributed by atoms with van der Waals surface area (Å²) in [6.07, 6.45) is 0.106. The van der Waals surface area contributed by atoms with Crippen LogP contribution < -0.4 is 0 Å². The smallest absolute Gasteiger partial charge is 0.142 e. The molecule has 0 rings (SSSR count). The van der Waals surface area contributed by atoms with Crippen LogP contribution in [0.4, 0.5) is 0 Å². The predicted octanol–water partition coefficient (Wildman–Crippen LogP) is 1.83. The van der Waals surface area contributed by atoms with Gasteiger partial charge in [-0.2, -0.15) is 0 Å². The largest absolute Gasteiger partial charge is 0.299 e. The molecule has 0 unspecified atom stereocenters. The van der Waals surface area contributed by atoms with E-state index >= 15 is 0 Å². The van der Waals surface area contributed by atoms with E-state index in [9.17, 15) is 9.59 Å². The van der Waals surface area contributed by atoms with Gasteiger partial charge in [-0.05, 0) is 0 Å². The summed E-state index contributed by atoms with van der Waals surface area (Å²) in [5.41, 5.74) is 0. The van der Waals surface area contributed by atoms with Gasteiger partial charge in [0.1, 0.15) is 11.6 Å². The van der Waals surface area contributed by atoms with E-state index in [4.69, 9.17) is 0 Å². The van der Waals surface area contributed by atoms with Crippen LogP contribution in [0, 0.1) is 49.1 Å². The van der Waals surface area contributed by atoms with E-state index in [2.05, 4.69) is 0 Å². The molecule has 0 aliphatic rings. The molecule has 0 saturated carbocycles. The minimum atomic E-state index is -0.0160. The third kappa shape index (κ3) is 6.14. The molecule has 0 aromatic carbocycles. The number of hydrogen-bond acceptors (Lipinski definition) is 2. The summed E-state index contributed by atoms with van der Waals surface area (Å²) in [5.74, 6) is 0.0581. The average molecular weight is 323 g/mol. The summed E-state index contributed by atoms with van der Waals surface area (Å²) in [6, 6.07) is 0. The summed E-state index contributed by atoms with van der Waals surface area (Å²) in [6.45, 7) is 7.26. The molecule has 0 saturated heterocycles. The molecule has 12 heavy (non-hydrogen) atoms. The van der Waals surface area contributed by atoms with Gasteiger partial charge in [-0.3, -0.25) is 9.59 Å². The molecule has 76 valence electrons. The van der Waals surface area contributed by atoms with Gasteiger partial charge in [0.2, 0.25) is 0 Å². The monoisotopic (exact) mass is 322 g/mol. The van der Waals surface area contributed by atoms with Crippen LogP contribution in [0.15, 0.2) is 0 Å². The molecule has 0 N–H and O–H groups in total. The third-order valence-corrected chi connectivity index (χ3v) is 1.64. The Morgan fingerprint density at radius 3 is 1.33 bits per heavy atom. The number of carbonyl (C=O) groups excluding carboxylic acids is 2. The predicted molar refractivity (Wildman–Crippen MR) is 44.3 cm³/mol. The van der Waals surface area contributed by atoms with Gasteiger partial charge in [-0.15, -0.1) is 0 Å². The van der Waals surface area contributed by atoms with Gasteiger partial charge in [-0.25, -0.2) is 0 Å². The van der Waals surface area contributed by atoms with E-state index in [1.54, 1.807) is 0 Å². The molecule has 0 amide bonds.